The highest BCUT2D eigenvalue weighted by Gasteiger charge is 2.34. The van der Waals surface area contributed by atoms with Gasteiger partial charge in [0, 0.05) is 32.0 Å². The number of carbonyl (C=O) groups is 2. The number of rotatable bonds is 4. The first-order valence-corrected chi connectivity index (χ1v) is 7.72. The van der Waals surface area contributed by atoms with E-state index < -0.39 is 12.0 Å². The Morgan fingerprint density at radius 1 is 1.25 bits per heavy atom. The molecule has 112 valence electrons. The van der Waals surface area contributed by atoms with Gasteiger partial charge in [-0.25, -0.2) is 4.79 Å². The van der Waals surface area contributed by atoms with Crippen molar-refractivity contribution >= 4 is 29.1 Å². The third-order valence-corrected chi connectivity index (χ3v) is 4.82. The number of hydrogen-bond donors (Lipinski definition) is 1. The molecule has 2 aliphatic heterocycles. The van der Waals surface area contributed by atoms with Gasteiger partial charge in [0.15, 0.2) is 0 Å². The summed E-state index contributed by atoms with van der Waals surface area (Å²) in [5.74, 6) is -0.746. The second-order valence-corrected chi connectivity index (χ2v) is 6.14. The van der Waals surface area contributed by atoms with Gasteiger partial charge < -0.3 is 14.9 Å². The van der Waals surface area contributed by atoms with Crippen LogP contribution >= 0.6 is 12.2 Å². The Kier molecular flexibility index (Phi) is 4.96. The predicted octanol–water partition coefficient (Wildman–Crippen LogP) is 1.51. The average molecular weight is 298 g/mol. The summed E-state index contributed by atoms with van der Waals surface area (Å²) in [6.45, 7) is 4.31. The second kappa shape index (κ2) is 6.52. The highest BCUT2D eigenvalue weighted by molar-refractivity contribution is 7.80. The van der Waals surface area contributed by atoms with Crippen molar-refractivity contribution in [2.45, 2.75) is 45.1 Å². The summed E-state index contributed by atoms with van der Waals surface area (Å²) in [4.78, 5) is 27.6. The zero-order chi connectivity index (χ0) is 14.7. The maximum atomic E-state index is 12.1. The van der Waals surface area contributed by atoms with Crippen LogP contribution in [0.3, 0.4) is 0 Å². The van der Waals surface area contributed by atoms with E-state index in [0.717, 1.165) is 32.4 Å². The Balaban J connectivity index is 1.91. The molecular weight excluding hydrogens is 276 g/mol. The van der Waals surface area contributed by atoms with Crippen molar-refractivity contribution in [1.29, 1.82) is 0 Å². The minimum absolute atomic E-state index is 0.0713. The molecule has 1 amide bonds. The van der Waals surface area contributed by atoms with Crippen LogP contribution in [0.4, 0.5) is 0 Å². The highest BCUT2D eigenvalue weighted by Crippen LogP contribution is 2.23. The van der Waals surface area contributed by atoms with Gasteiger partial charge in [-0.1, -0.05) is 19.1 Å². The Labute approximate surface area is 124 Å². The number of carbonyl (C=O) groups excluding carboxylic acids is 1. The lowest BCUT2D eigenvalue weighted by Gasteiger charge is -2.28. The van der Waals surface area contributed by atoms with Crippen molar-refractivity contribution in [3.63, 3.8) is 0 Å². The maximum Gasteiger partial charge on any atom is 0.326 e. The molecule has 0 bridgehead atoms. The van der Waals surface area contributed by atoms with Gasteiger partial charge in [0.1, 0.15) is 6.04 Å². The first-order valence-electron chi connectivity index (χ1n) is 7.31. The third kappa shape index (κ3) is 3.29. The van der Waals surface area contributed by atoms with Crippen LogP contribution in [0.25, 0.3) is 0 Å². The van der Waals surface area contributed by atoms with Crippen LogP contribution in [0.15, 0.2) is 0 Å². The molecule has 2 atom stereocenters. The number of carboxylic acids is 1. The van der Waals surface area contributed by atoms with Crippen molar-refractivity contribution in [1.82, 2.24) is 9.80 Å². The van der Waals surface area contributed by atoms with Gasteiger partial charge in [-0.05, 0) is 25.7 Å². The smallest absolute Gasteiger partial charge is 0.326 e. The molecule has 1 N–H and O–H groups in total. The summed E-state index contributed by atoms with van der Waals surface area (Å²) in [6.07, 6.45) is 4.05. The first-order chi connectivity index (χ1) is 9.50. The third-order valence-electron chi connectivity index (χ3n) is 4.18. The van der Waals surface area contributed by atoms with Crippen LogP contribution in [0.1, 0.15) is 39.0 Å². The van der Waals surface area contributed by atoms with Crippen LogP contribution < -0.4 is 0 Å². The molecule has 0 saturated carbocycles. The fraction of sp³-hybridized carbons (Fsp3) is 0.786. The van der Waals surface area contributed by atoms with Gasteiger partial charge in [-0.3, -0.25) is 4.79 Å². The van der Waals surface area contributed by atoms with E-state index >= 15 is 0 Å². The summed E-state index contributed by atoms with van der Waals surface area (Å²) in [7, 11) is 0. The lowest BCUT2D eigenvalue weighted by atomic mass is 10.1. The van der Waals surface area contributed by atoms with Gasteiger partial charge in [0.2, 0.25) is 5.91 Å². The Morgan fingerprint density at radius 3 is 2.50 bits per heavy atom. The monoisotopic (exact) mass is 298 g/mol. The van der Waals surface area contributed by atoms with E-state index in [4.69, 9.17) is 12.2 Å². The highest BCUT2D eigenvalue weighted by atomic mass is 32.1. The van der Waals surface area contributed by atoms with Gasteiger partial charge in [0.05, 0.1) is 4.99 Å². The number of likely N-dealkylation sites (tertiary alicyclic amines) is 2. The molecule has 0 radical (unpaired) electrons. The van der Waals surface area contributed by atoms with Crippen LogP contribution in [-0.2, 0) is 9.59 Å². The standard InChI is InChI=1S/C14H22N2O3S/c1-10(9-12(17)15-6-2-3-7-15)13(20)16-8-4-5-11(16)14(18)19/h10-11H,2-9H2,1H3,(H,18,19)/t10-,11-/m0/s1. The molecule has 0 aromatic carbocycles. The Morgan fingerprint density at radius 2 is 1.90 bits per heavy atom. The molecule has 0 aromatic heterocycles. The molecule has 2 aliphatic rings. The van der Waals surface area contributed by atoms with E-state index in [9.17, 15) is 14.7 Å². The molecule has 2 saturated heterocycles. The molecule has 2 heterocycles. The average Bonchev–Trinajstić information content (AvgIpc) is 3.08. The zero-order valence-electron chi connectivity index (χ0n) is 11.9. The fourth-order valence-corrected chi connectivity index (χ4v) is 3.32. The SMILES string of the molecule is C[C@@H](CC(=O)N1CCCC1)C(=S)N1CCC[C@H]1C(=O)O. The van der Waals surface area contributed by atoms with Crippen molar-refractivity contribution in [3.05, 3.63) is 0 Å². The van der Waals surface area contributed by atoms with Crippen molar-refractivity contribution in [2.75, 3.05) is 19.6 Å². The molecule has 0 spiro atoms. The molecule has 20 heavy (non-hydrogen) atoms. The van der Waals surface area contributed by atoms with E-state index in [1.165, 1.54) is 0 Å². The molecule has 2 rings (SSSR count). The van der Waals surface area contributed by atoms with Crippen LogP contribution in [-0.4, -0.2) is 57.4 Å². The quantitative estimate of drug-likeness (QED) is 0.797. The molecule has 0 aliphatic carbocycles. The normalized spacial score (nSPS) is 23.9. The molecule has 6 heteroatoms. The van der Waals surface area contributed by atoms with Crippen LogP contribution in [0, 0.1) is 5.92 Å². The van der Waals surface area contributed by atoms with Gasteiger partial charge >= 0.3 is 5.97 Å². The molecule has 0 aromatic rings. The summed E-state index contributed by atoms with van der Waals surface area (Å²) < 4.78 is 0. The minimum Gasteiger partial charge on any atom is -0.480 e. The number of hydrogen-bond acceptors (Lipinski definition) is 3. The summed E-state index contributed by atoms with van der Waals surface area (Å²) in [5, 5.41) is 9.19. The number of nitrogens with zero attached hydrogens (tertiary/aromatic N) is 2. The Bertz CT molecular complexity index is 407. The predicted molar refractivity (Wildman–Crippen MR) is 79.6 cm³/mol. The van der Waals surface area contributed by atoms with E-state index in [2.05, 4.69) is 0 Å². The van der Waals surface area contributed by atoms with Gasteiger partial charge in [-0.15, -0.1) is 0 Å². The largest absolute Gasteiger partial charge is 0.480 e. The fourth-order valence-electron chi connectivity index (χ4n) is 3.02. The molecule has 0 unspecified atom stereocenters. The summed E-state index contributed by atoms with van der Waals surface area (Å²) in [5.41, 5.74) is 0. The number of aliphatic carboxylic acids is 1. The first kappa shape index (κ1) is 15.2. The maximum absolute atomic E-state index is 12.1. The van der Waals surface area contributed by atoms with E-state index in [0.29, 0.717) is 24.4 Å². The van der Waals surface area contributed by atoms with Crippen LogP contribution in [0.5, 0.6) is 0 Å². The lowest BCUT2D eigenvalue weighted by Crippen LogP contribution is -2.43. The number of thiocarbonyl (C=S) groups is 1. The molecule has 5 nitrogen and oxygen atoms in total. The van der Waals surface area contributed by atoms with Crippen molar-refractivity contribution in [3.8, 4) is 0 Å². The topological polar surface area (TPSA) is 60.9 Å². The summed E-state index contributed by atoms with van der Waals surface area (Å²) >= 11 is 5.42. The molecular formula is C14H22N2O3S. The zero-order valence-corrected chi connectivity index (χ0v) is 12.7. The van der Waals surface area contributed by atoms with E-state index in [1.807, 2.05) is 11.8 Å². The Hall–Kier alpha value is -1.17. The second-order valence-electron chi connectivity index (χ2n) is 5.72. The number of amides is 1. The van der Waals surface area contributed by atoms with E-state index in [-0.39, 0.29) is 11.8 Å². The molecule has 2 fully saturated rings. The van der Waals surface area contributed by atoms with Crippen LogP contribution in [0.2, 0.25) is 0 Å². The summed E-state index contributed by atoms with van der Waals surface area (Å²) in [6, 6.07) is -0.508. The van der Waals surface area contributed by atoms with Gasteiger partial charge in [0.25, 0.3) is 0 Å². The minimum atomic E-state index is -0.817. The van der Waals surface area contributed by atoms with Gasteiger partial charge in [-0.2, -0.15) is 0 Å². The van der Waals surface area contributed by atoms with Crippen molar-refractivity contribution < 1.29 is 14.7 Å². The lowest BCUT2D eigenvalue weighted by molar-refractivity contribution is -0.140. The van der Waals surface area contributed by atoms with E-state index in [1.54, 1.807) is 4.90 Å². The van der Waals surface area contributed by atoms with Crippen molar-refractivity contribution in [2.24, 2.45) is 5.92 Å². The number of carboxylic acid groups (broad SMARTS) is 1.